The van der Waals surface area contributed by atoms with Crippen LogP contribution in [-0.2, 0) is 4.79 Å². The van der Waals surface area contributed by atoms with Gasteiger partial charge in [-0.15, -0.1) is 0 Å². The first-order valence-corrected chi connectivity index (χ1v) is 4.98. The van der Waals surface area contributed by atoms with Crippen LogP contribution in [0.3, 0.4) is 0 Å². The highest BCUT2D eigenvalue weighted by Crippen LogP contribution is 2.19. The van der Waals surface area contributed by atoms with E-state index < -0.39 is 5.97 Å². The predicted octanol–water partition coefficient (Wildman–Crippen LogP) is 2.24. The molecular formula is C8H16O2S. The third-order valence-corrected chi connectivity index (χ3v) is 3.26. The molecule has 3 heteroatoms. The van der Waals surface area contributed by atoms with E-state index in [1.807, 2.05) is 6.92 Å². The van der Waals surface area contributed by atoms with E-state index in [4.69, 9.17) is 5.11 Å². The van der Waals surface area contributed by atoms with Crippen LogP contribution in [0.25, 0.3) is 0 Å². The van der Waals surface area contributed by atoms with Crippen LogP contribution in [0, 0.1) is 5.92 Å². The average Bonchev–Trinajstić information content (AvgIpc) is 1.98. The molecule has 0 bridgehead atoms. The van der Waals surface area contributed by atoms with Crippen molar-refractivity contribution in [1.82, 2.24) is 0 Å². The van der Waals surface area contributed by atoms with Crippen LogP contribution in [0.2, 0.25) is 0 Å². The third-order valence-electron chi connectivity index (χ3n) is 1.68. The minimum absolute atomic E-state index is 0.229. The molecule has 0 aliphatic heterocycles. The Morgan fingerprint density at radius 1 is 1.55 bits per heavy atom. The number of hydrogen-bond donors (Lipinski definition) is 1. The van der Waals surface area contributed by atoms with E-state index in [9.17, 15) is 4.79 Å². The molecule has 0 aromatic heterocycles. The summed E-state index contributed by atoms with van der Waals surface area (Å²) in [5.74, 6) is 0.131. The summed E-state index contributed by atoms with van der Waals surface area (Å²) >= 11 is 1.73. The highest BCUT2D eigenvalue weighted by Gasteiger charge is 2.18. The second-order valence-electron chi connectivity index (χ2n) is 2.70. The molecule has 2 atom stereocenters. The van der Waals surface area contributed by atoms with Crippen molar-refractivity contribution in [2.45, 2.75) is 32.4 Å². The van der Waals surface area contributed by atoms with Crippen molar-refractivity contribution < 1.29 is 9.90 Å². The molecule has 2 nitrogen and oxygen atoms in total. The van der Waals surface area contributed by atoms with Gasteiger partial charge >= 0.3 is 5.97 Å². The Bertz CT molecular complexity index is 125. The van der Waals surface area contributed by atoms with E-state index >= 15 is 0 Å². The first kappa shape index (κ1) is 10.8. The maximum absolute atomic E-state index is 10.5. The molecule has 0 aromatic rings. The molecule has 0 aliphatic carbocycles. The van der Waals surface area contributed by atoms with Gasteiger partial charge in [-0.1, -0.05) is 20.8 Å². The molecule has 0 spiro atoms. The summed E-state index contributed by atoms with van der Waals surface area (Å²) in [5.41, 5.74) is 0. The Morgan fingerprint density at radius 2 is 2.09 bits per heavy atom. The minimum atomic E-state index is -0.693. The standard InChI is InChI=1S/C8H16O2S/c1-4-5-11-7(3)6(2)8(9)10/h6-7H,4-5H2,1-3H3,(H,9,10). The normalized spacial score (nSPS) is 15.9. The maximum atomic E-state index is 10.5. The van der Waals surface area contributed by atoms with Gasteiger partial charge in [0.05, 0.1) is 5.92 Å². The fraction of sp³-hybridized carbons (Fsp3) is 0.875. The molecule has 0 saturated carbocycles. The summed E-state index contributed by atoms with van der Waals surface area (Å²) in [4.78, 5) is 10.5. The molecule has 0 aliphatic rings. The molecule has 11 heavy (non-hydrogen) atoms. The first-order chi connectivity index (χ1) is 5.09. The summed E-state index contributed by atoms with van der Waals surface area (Å²) in [7, 11) is 0. The van der Waals surface area contributed by atoms with Gasteiger partial charge in [0.25, 0.3) is 0 Å². The Balaban J connectivity index is 3.63. The van der Waals surface area contributed by atoms with Crippen LogP contribution in [-0.4, -0.2) is 22.1 Å². The zero-order valence-corrected chi connectivity index (χ0v) is 8.15. The Morgan fingerprint density at radius 3 is 2.45 bits per heavy atom. The quantitative estimate of drug-likeness (QED) is 0.698. The molecule has 2 unspecified atom stereocenters. The summed E-state index contributed by atoms with van der Waals surface area (Å²) < 4.78 is 0. The summed E-state index contributed by atoms with van der Waals surface area (Å²) in [5, 5.41) is 8.87. The smallest absolute Gasteiger partial charge is 0.307 e. The van der Waals surface area contributed by atoms with E-state index in [2.05, 4.69) is 6.92 Å². The Kier molecular flexibility index (Phi) is 5.38. The fourth-order valence-electron chi connectivity index (χ4n) is 0.649. The van der Waals surface area contributed by atoms with E-state index in [1.165, 1.54) is 0 Å². The monoisotopic (exact) mass is 176 g/mol. The zero-order chi connectivity index (χ0) is 8.85. The van der Waals surface area contributed by atoms with Crippen LogP contribution in [0.4, 0.5) is 0 Å². The van der Waals surface area contributed by atoms with Gasteiger partial charge in [0.15, 0.2) is 0 Å². The van der Waals surface area contributed by atoms with Gasteiger partial charge in [-0.3, -0.25) is 4.79 Å². The molecule has 0 fully saturated rings. The molecular weight excluding hydrogens is 160 g/mol. The number of carboxylic acid groups (broad SMARTS) is 1. The summed E-state index contributed by atoms with van der Waals surface area (Å²) in [6.07, 6.45) is 1.11. The first-order valence-electron chi connectivity index (χ1n) is 3.94. The number of carboxylic acids is 1. The van der Waals surface area contributed by atoms with Crippen LogP contribution >= 0.6 is 11.8 Å². The lowest BCUT2D eigenvalue weighted by Gasteiger charge is -2.14. The number of aliphatic carboxylic acids is 1. The molecule has 0 aromatic carbocycles. The summed E-state index contributed by atoms with van der Waals surface area (Å²) in [6.45, 7) is 5.83. The van der Waals surface area contributed by atoms with Crippen LogP contribution < -0.4 is 0 Å². The van der Waals surface area contributed by atoms with Gasteiger partial charge in [0, 0.05) is 5.25 Å². The SMILES string of the molecule is CCCSC(C)C(C)C(=O)O. The molecule has 1 N–H and O–H groups in total. The topological polar surface area (TPSA) is 37.3 Å². The van der Waals surface area contributed by atoms with Gasteiger partial charge in [-0.25, -0.2) is 0 Å². The summed E-state index contributed by atoms with van der Waals surface area (Å²) in [6, 6.07) is 0. The van der Waals surface area contributed by atoms with E-state index in [0.29, 0.717) is 0 Å². The van der Waals surface area contributed by atoms with Crippen molar-refractivity contribution >= 4 is 17.7 Å². The average molecular weight is 176 g/mol. The van der Waals surface area contributed by atoms with Gasteiger partial charge in [-0.05, 0) is 12.2 Å². The highest BCUT2D eigenvalue weighted by atomic mass is 32.2. The Hall–Kier alpha value is -0.180. The second-order valence-corrected chi connectivity index (χ2v) is 4.19. The maximum Gasteiger partial charge on any atom is 0.307 e. The van der Waals surface area contributed by atoms with Crippen molar-refractivity contribution in [1.29, 1.82) is 0 Å². The number of hydrogen-bond acceptors (Lipinski definition) is 2. The number of carbonyl (C=O) groups is 1. The number of rotatable bonds is 5. The van der Waals surface area contributed by atoms with Crippen molar-refractivity contribution in [2.75, 3.05) is 5.75 Å². The van der Waals surface area contributed by atoms with Crippen molar-refractivity contribution in [3.63, 3.8) is 0 Å². The van der Waals surface area contributed by atoms with Gasteiger partial charge in [0.1, 0.15) is 0 Å². The van der Waals surface area contributed by atoms with Crippen LogP contribution in [0.1, 0.15) is 27.2 Å². The third kappa shape index (κ3) is 4.30. The lowest BCUT2D eigenvalue weighted by Crippen LogP contribution is -2.20. The molecule has 0 saturated heterocycles. The molecule has 0 radical (unpaired) electrons. The van der Waals surface area contributed by atoms with Crippen molar-refractivity contribution in [2.24, 2.45) is 5.92 Å². The molecule has 66 valence electrons. The van der Waals surface area contributed by atoms with E-state index in [1.54, 1.807) is 18.7 Å². The Labute approximate surface area is 72.4 Å². The predicted molar refractivity (Wildman–Crippen MR) is 49.0 cm³/mol. The molecule has 0 heterocycles. The van der Waals surface area contributed by atoms with Crippen molar-refractivity contribution in [3.8, 4) is 0 Å². The largest absolute Gasteiger partial charge is 0.481 e. The van der Waals surface area contributed by atoms with E-state index in [0.717, 1.165) is 12.2 Å². The highest BCUT2D eigenvalue weighted by molar-refractivity contribution is 7.99. The van der Waals surface area contributed by atoms with Crippen LogP contribution in [0.15, 0.2) is 0 Å². The minimum Gasteiger partial charge on any atom is -0.481 e. The lowest BCUT2D eigenvalue weighted by molar-refractivity contribution is -0.140. The molecule has 0 rings (SSSR count). The van der Waals surface area contributed by atoms with Gasteiger partial charge in [0.2, 0.25) is 0 Å². The second kappa shape index (κ2) is 5.47. The van der Waals surface area contributed by atoms with Crippen LogP contribution in [0.5, 0.6) is 0 Å². The van der Waals surface area contributed by atoms with E-state index in [-0.39, 0.29) is 11.2 Å². The van der Waals surface area contributed by atoms with Crippen molar-refractivity contribution in [3.05, 3.63) is 0 Å². The van der Waals surface area contributed by atoms with Gasteiger partial charge in [-0.2, -0.15) is 11.8 Å². The number of thioether (sulfide) groups is 1. The molecule has 0 amide bonds. The lowest BCUT2D eigenvalue weighted by atomic mass is 10.1. The fourth-order valence-corrected chi connectivity index (χ4v) is 1.66. The van der Waals surface area contributed by atoms with Gasteiger partial charge < -0.3 is 5.11 Å². The zero-order valence-electron chi connectivity index (χ0n) is 7.33.